The van der Waals surface area contributed by atoms with Crippen molar-refractivity contribution in [3.8, 4) is 5.88 Å². The van der Waals surface area contributed by atoms with Crippen molar-refractivity contribution < 1.29 is 5.11 Å². The summed E-state index contributed by atoms with van der Waals surface area (Å²) in [7, 11) is 0. The van der Waals surface area contributed by atoms with Gasteiger partial charge in [0.2, 0.25) is 11.8 Å². The number of aromatic nitrogens is 4. The number of aliphatic imine (C=N–C) groups is 1. The molecule has 110 valence electrons. The molecule has 0 saturated heterocycles. The molecule has 2 aromatic rings. The Labute approximate surface area is 120 Å². The lowest BCUT2D eigenvalue weighted by atomic mass is 10.3. The van der Waals surface area contributed by atoms with Gasteiger partial charge in [0.05, 0.1) is 0 Å². The summed E-state index contributed by atoms with van der Waals surface area (Å²) in [4.78, 5) is 35.9. The summed E-state index contributed by atoms with van der Waals surface area (Å²) in [6.45, 7) is 3.84. The minimum Gasteiger partial charge on any atom is -0.494 e. The fraction of sp³-hybridized carbons (Fsp3) is 0.308. The summed E-state index contributed by atoms with van der Waals surface area (Å²) < 4.78 is 2.15. The van der Waals surface area contributed by atoms with Gasteiger partial charge < -0.3 is 5.11 Å². The van der Waals surface area contributed by atoms with Crippen molar-refractivity contribution in [2.24, 2.45) is 4.99 Å². The Morgan fingerprint density at radius 2 is 1.81 bits per heavy atom. The quantitative estimate of drug-likeness (QED) is 0.815. The first-order valence-corrected chi connectivity index (χ1v) is 6.47. The van der Waals surface area contributed by atoms with Crippen LogP contribution in [0.3, 0.4) is 0 Å². The highest BCUT2D eigenvalue weighted by Crippen LogP contribution is 2.09. The van der Waals surface area contributed by atoms with Crippen LogP contribution in [0.2, 0.25) is 0 Å². The number of hydrogen-bond acceptors (Lipinski definition) is 6. The second kappa shape index (κ2) is 6.12. The van der Waals surface area contributed by atoms with E-state index in [0.717, 1.165) is 9.13 Å². The van der Waals surface area contributed by atoms with Crippen molar-refractivity contribution in [1.82, 2.24) is 19.1 Å². The van der Waals surface area contributed by atoms with Gasteiger partial charge >= 0.3 is 5.69 Å². The van der Waals surface area contributed by atoms with Crippen LogP contribution in [0.4, 0.5) is 5.95 Å². The Kier molecular flexibility index (Phi) is 4.27. The minimum absolute atomic E-state index is 0.0641. The van der Waals surface area contributed by atoms with Crippen LogP contribution in [0, 0.1) is 0 Å². The van der Waals surface area contributed by atoms with Gasteiger partial charge in [0.15, 0.2) is 0 Å². The molecule has 2 aromatic heterocycles. The van der Waals surface area contributed by atoms with Gasteiger partial charge in [-0.1, -0.05) is 0 Å². The van der Waals surface area contributed by atoms with Gasteiger partial charge in [0.25, 0.3) is 5.56 Å². The van der Waals surface area contributed by atoms with E-state index in [1.54, 1.807) is 19.9 Å². The van der Waals surface area contributed by atoms with Crippen LogP contribution in [0.1, 0.15) is 19.4 Å². The predicted molar refractivity (Wildman–Crippen MR) is 77.3 cm³/mol. The fourth-order valence-electron chi connectivity index (χ4n) is 1.87. The summed E-state index contributed by atoms with van der Waals surface area (Å²) in [5.41, 5.74) is -1.20. The molecule has 0 spiro atoms. The molecule has 0 radical (unpaired) electrons. The maximum atomic E-state index is 12.2. The molecule has 0 fully saturated rings. The van der Waals surface area contributed by atoms with Crippen LogP contribution in [-0.2, 0) is 13.1 Å². The first kappa shape index (κ1) is 14.6. The van der Waals surface area contributed by atoms with Crippen LogP contribution < -0.4 is 11.2 Å². The molecule has 0 saturated carbocycles. The predicted octanol–water partition coefficient (Wildman–Crippen LogP) is 0.296. The summed E-state index contributed by atoms with van der Waals surface area (Å²) >= 11 is 0. The number of hydrogen-bond donors (Lipinski definition) is 1. The zero-order chi connectivity index (χ0) is 15.4. The summed E-state index contributed by atoms with van der Waals surface area (Å²) in [5.74, 6) is -0.245. The average molecular weight is 289 g/mol. The SMILES string of the molecule is CCn1c(O)c(C=Nc2ncccn2)c(=O)n(CC)c1=O. The number of aromatic hydroxyl groups is 1. The fourth-order valence-corrected chi connectivity index (χ4v) is 1.87. The summed E-state index contributed by atoms with van der Waals surface area (Å²) in [6.07, 6.45) is 4.19. The molecule has 2 rings (SSSR count). The molecule has 0 unspecified atom stereocenters. The maximum Gasteiger partial charge on any atom is 0.333 e. The molecule has 8 nitrogen and oxygen atoms in total. The van der Waals surface area contributed by atoms with Crippen molar-refractivity contribution in [2.75, 3.05) is 0 Å². The highest BCUT2D eigenvalue weighted by molar-refractivity contribution is 5.83. The van der Waals surface area contributed by atoms with E-state index in [1.807, 2.05) is 0 Å². The van der Waals surface area contributed by atoms with Gasteiger partial charge in [-0.3, -0.25) is 13.9 Å². The van der Waals surface area contributed by atoms with Crippen LogP contribution in [0.25, 0.3) is 0 Å². The standard InChI is InChI=1S/C13H15N5O3/c1-3-17-10(19)9(11(20)18(4-2)13(17)21)8-16-12-14-6-5-7-15-12/h5-8,19H,3-4H2,1-2H3. The lowest BCUT2D eigenvalue weighted by Crippen LogP contribution is -2.41. The molecule has 21 heavy (non-hydrogen) atoms. The lowest BCUT2D eigenvalue weighted by molar-refractivity contribution is 0.394. The molecule has 0 atom stereocenters. The van der Waals surface area contributed by atoms with E-state index in [0.29, 0.717) is 0 Å². The van der Waals surface area contributed by atoms with Crippen molar-refractivity contribution in [3.63, 3.8) is 0 Å². The van der Waals surface area contributed by atoms with E-state index < -0.39 is 17.1 Å². The molecule has 0 aliphatic carbocycles. The van der Waals surface area contributed by atoms with E-state index >= 15 is 0 Å². The molecule has 0 amide bonds. The normalized spacial score (nSPS) is 11.1. The first-order valence-electron chi connectivity index (χ1n) is 6.47. The third-order valence-electron chi connectivity index (χ3n) is 2.93. The van der Waals surface area contributed by atoms with E-state index in [4.69, 9.17) is 0 Å². The number of rotatable bonds is 4. The van der Waals surface area contributed by atoms with Crippen LogP contribution in [-0.4, -0.2) is 30.4 Å². The van der Waals surface area contributed by atoms with Gasteiger partial charge in [0, 0.05) is 31.7 Å². The van der Waals surface area contributed by atoms with E-state index in [9.17, 15) is 14.7 Å². The highest BCUT2D eigenvalue weighted by Gasteiger charge is 2.15. The monoisotopic (exact) mass is 289 g/mol. The maximum absolute atomic E-state index is 12.2. The van der Waals surface area contributed by atoms with E-state index in [-0.39, 0.29) is 24.6 Å². The van der Waals surface area contributed by atoms with Gasteiger partial charge in [0.1, 0.15) is 5.56 Å². The van der Waals surface area contributed by atoms with Crippen LogP contribution in [0.5, 0.6) is 5.88 Å². The molecular formula is C13H15N5O3. The summed E-state index contributed by atoms with van der Waals surface area (Å²) in [6, 6.07) is 1.64. The van der Waals surface area contributed by atoms with Crippen LogP contribution in [0.15, 0.2) is 33.0 Å². The van der Waals surface area contributed by atoms with Gasteiger partial charge in [-0.25, -0.2) is 19.8 Å². The first-order chi connectivity index (χ1) is 10.1. The van der Waals surface area contributed by atoms with E-state index in [2.05, 4.69) is 15.0 Å². The molecule has 2 heterocycles. The van der Waals surface area contributed by atoms with Crippen LogP contribution >= 0.6 is 0 Å². The molecule has 8 heteroatoms. The Balaban J connectivity index is 2.61. The lowest BCUT2D eigenvalue weighted by Gasteiger charge is -2.11. The third kappa shape index (κ3) is 2.73. The average Bonchev–Trinajstić information content (AvgIpc) is 2.49. The van der Waals surface area contributed by atoms with Crippen molar-refractivity contribution in [1.29, 1.82) is 0 Å². The Hall–Kier alpha value is -2.77. The van der Waals surface area contributed by atoms with Crippen molar-refractivity contribution in [2.45, 2.75) is 26.9 Å². The Morgan fingerprint density at radius 1 is 1.19 bits per heavy atom. The zero-order valence-electron chi connectivity index (χ0n) is 11.7. The topological polar surface area (TPSA) is 102 Å². The molecule has 0 aliphatic rings. The molecule has 0 bridgehead atoms. The van der Waals surface area contributed by atoms with Crippen molar-refractivity contribution in [3.05, 3.63) is 44.9 Å². The minimum atomic E-state index is -0.593. The van der Waals surface area contributed by atoms with Crippen molar-refractivity contribution >= 4 is 12.2 Å². The second-order valence-corrected chi connectivity index (χ2v) is 4.12. The van der Waals surface area contributed by atoms with Gasteiger partial charge in [-0.2, -0.15) is 0 Å². The largest absolute Gasteiger partial charge is 0.494 e. The van der Waals surface area contributed by atoms with Gasteiger partial charge in [-0.05, 0) is 19.9 Å². The molecule has 0 aromatic carbocycles. The zero-order valence-corrected chi connectivity index (χ0v) is 11.7. The Bertz CT molecular complexity index is 777. The highest BCUT2D eigenvalue weighted by atomic mass is 16.3. The molecule has 0 aliphatic heterocycles. The van der Waals surface area contributed by atoms with Gasteiger partial charge in [-0.15, -0.1) is 0 Å². The second-order valence-electron chi connectivity index (χ2n) is 4.12. The smallest absolute Gasteiger partial charge is 0.333 e. The molecular weight excluding hydrogens is 274 g/mol. The molecule has 1 N–H and O–H groups in total. The number of nitrogens with zero attached hydrogens (tertiary/aromatic N) is 5. The summed E-state index contributed by atoms with van der Waals surface area (Å²) in [5, 5.41) is 10.1. The Morgan fingerprint density at radius 3 is 2.38 bits per heavy atom. The third-order valence-corrected chi connectivity index (χ3v) is 2.93. The van der Waals surface area contributed by atoms with E-state index in [1.165, 1.54) is 18.6 Å².